The van der Waals surface area contributed by atoms with Gasteiger partial charge in [0, 0.05) is 32.7 Å². The Bertz CT molecular complexity index is 746. The van der Waals surface area contributed by atoms with Gasteiger partial charge in [0.25, 0.3) is 5.91 Å². The number of hydrogen-bond donors (Lipinski definition) is 0. The van der Waals surface area contributed by atoms with Crippen molar-refractivity contribution in [3.8, 4) is 5.75 Å². The smallest absolute Gasteiger partial charge is 0.257 e. The first-order valence-electron chi connectivity index (χ1n) is 11.6. The summed E-state index contributed by atoms with van der Waals surface area (Å²) in [6.07, 6.45) is 6.98. The van der Waals surface area contributed by atoms with E-state index in [4.69, 9.17) is 9.47 Å². The molecular weight excluding hydrogens is 380 g/mol. The van der Waals surface area contributed by atoms with Crippen molar-refractivity contribution in [3.63, 3.8) is 0 Å². The quantitative estimate of drug-likeness (QED) is 0.715. The molecule has 3 aliphatic heterocycles. The van der Waals surface area contributed by atoms with Crippen molar-refractivity contribution >= 4 is 11.8 Å². The highest BCUT2D eigenvalue weighted by atomic mass is 16.5. The molecule has 4 rings (SSSR count). The molecule has 0 radical (unpaired) electrons. The minimum atomic E-state index is 0.0320. The van der Waals surface area contributed by atoms with Gasteiger partial charge in [0.15, 0.2) is 0 Å². The number of carbonyl (C=O) groups is 2. The largest absolute Gasteiger partial charge is 0.493 e. The van der Waals surface area contributed by atoms with Crippen molar-refractivity contribution in [1.82, 2.24) is 9.80 Å². The highest BCUT2D eigenvalue weighted by molar-refractivity contribution is 5.97. The van der Waals surface area contributed by atoms with E-state index in [9.17, 15) is 9.59 Å². The number of ether oxygens (including phenoxy) is 2. The highest BCUT2D eigenvalue weighted by Gasteiger charge is 2.41. The number of fused-ring (bicyclic) bond motifs is 1. The summed E-state index contributed by atoms with van der Waals surface area (Å²) in [7, 11) is 0. The molecule has 30 heavy (non-hydrogen) atoms. The Kier molecular flexibility index (Phi) is 6.93. The molecule has 6 nitrogen and oxygen atoms in total. The molecule has 1 aromatic rings. The summed E-state index contributed by atoms with van der Waals surface area (Å²) in [5.74, 6) is 1.25. The lowest BCUT2D eigenvalue weighted by Gasteiger charge is -2.30. The van der Waals surface area contributed by atoms with Crippen molar-refractivity contribution in [2.24, 2.45) is 5.92 Å². The van der Waals surface area contributed by atoms with E-state index < -0.39 is 0 Å². The third kappa shape index (κ3) is 4.64. The van der Waals surface area contributed by atoms with Crippen LogP contribution in [0.25, 0.3) is 0 Å². The number of para-hydroxylation sites is 1. The minimum absolute atomic E-state index is 0.0320. The van der Waals surface area contributed by atoms with E-state index in [0.717, 1.165) is 58.2 Å². The summed E-state index contributed by atoms with van der Waals surface area (Å²) in [4.78, 5) is 30.4. The van der Waals surface area contributed by atoms with Gasteiger partial charge >= 0.3 is 0 Å². The fourth-order valence-electron chi connectivity index (χ4n) is 5.20. The summed E-state index contributed by atoms with van der Waals surface area (Å²) in [6.45, 7) is 5.46. The van der Waals surface area contributed by atoms with Crippen LogP contribution in [0.15, 0.2) is 24.3 Å². The van der Waals surface area contributed by atoms with Gasteiger partial charge in [-0.25, -0.2) is 0 Å². The SMILES string of the molecule is CCOc1ccccc1C(=O)N1CCCC[C@H]2CN(C(=O)CC[C@@H]3CCCO3)C[C@H]21. The Balaban J connectivity index is 1.44. The lowest BCUT2D eigenvalue weighted by atomic mass is 9.98. The maximum Gasteiger partial charge on any atom is 0.257 e. The topological polar surface area (TPSA) is 59.1 Å². The predicted molar refractivity (Wildman–Crippen MR) is 115 cm³/mol. The van der Waals surface area contributed by atoms with Crippen LogP contribution >= 0.6 is 0 Å². The van der Waals surface area contributed by atoms with Crippen LogP contribution in [0, 0.1) is 5.92 Å². The predicted octanol–water partition coefficient (Wildman–Crippen LogP) is 3.50. The van der Waals surface area contributed by atoms with Crippen LogP contribution in [0.4, 0.5) is 0 Å². The number of rotatable bonds is 6. The molecule has 0 N–H and O–H groups in total. The van der Waals surface area contributed by atoms with Gasteiger partial charge in [0.2, 0.25) is 5.91 Å². The molecule has 3 fully saturated rings. The number of likely N-dealkylation sites (tertiary alicyclic amines) is 2. The molecular formula is C24H34N2O4. The zero-order chi connectivity index (χ0) is 20.9. The van der Waals surface area contributed by atoms with Gasteiger partial charge in [-0.2, -0.15) is 0 Å². The molecule has 6 heteroatoms. The fraction of sp³-hybridized carbons (Fsp3) is 0.667. The molecule has 0 saturated carbocycles. The average molecular weight is 415 g/mol. The third-order valence-corrected chi connectivity index (χ3v) is 6.77. The van der Waals surface area contributed by atoms with Crippen molar-refractivity contribution < 1.29 is 19.1 Å². The molecule has 0 bridgehead atoms. The number of amides is 2. The molecule has 3 aliphatic rings. The molecule has 0 aromatic heterocycles. The van der Waals surface area contributed by atoms with Crippen molar-refractivity contribution in [3.05, 3.63) is 29.8 Å². The summed E-state index contributed by atoms with van der Waals surface area (Å²) in [6, 6.07) is 7.60. The van der Waals surface area contributed by atoms with Crippen LogP contribution in [0.5, 0.6) is 5.75 Å². The zero-order valence-corrected chi connectivity index (χ0v) is 18.1. The monoisotopic (exact) mass is 414 g/mol. The van der Waals surface area contributed by atoms with Gasteiger partial charge in [-0.15, -0.1) is 0 Å². The van der Waals surface area contributed by atoms with E-state index in [0.29, 0.717) is 36.8 Å². The van der Waals surface area contributed by atoms with E-state index in [1.54, 1.807) is 0 Å². The zero-order valence-electron chi connectivity index (χ0n) is 18.1. The van der Waals surface area contributed by atoms with Crippen LogP contribution in [-0.4, -0.2) is 66.6 Å². The first-order chi connectivity index (χ1) is 14.7. The van der Waals surface area contributed by atoms with Crippen molar-refractivity contribution in [2.45, 2.75) is 64.0 Å². The number of benzene rings is 1. The Morgan fingerprint density at radius 1 is 1.13 bits per heavy atom. The lowest BCUT2D eigenvalue weighted by Crippen LogP contribution is -2.44. The molecule has 0 unspecified atom stereocenters. The summed E-state index contributed by atoms with van der Waals surface area (Å²) >= 11 is 0. The Labute approximate surface area is 179 Å². The Morgan fingerprint density at radius 3 is 2.80 bits per heavy atom. The van der Waals surface area contributed by atoms with Crippen LogP contribution in [0.1, 0.15) is 62.2 Å². The molecule has 0 aliphatic carbocycles. The van der Waals surface area contributed by atoms with Gasteiger partial charge in [0.05, 0.1) is 24.3 Å². The van der Waals surface area contributed by atoms with E-state index in [1.807, 2.05) is 41.0 Å². The highest BCUT2D eigenvalue weighted by Crippen LogP contribution is 2.33. The molecule has 3 saturated heterocycles. The van der Waals surface area contributed by atoms with Gasteiger partial charge in [-0.3, -0.25) is 9.59 Å². The second kappa shape index (κ2) is 9.82. The second-order valence-corrected chi connectivity index (χ2v) is 8.72. The molecule has 164 valence electrons. The minimum Gasteiger partial charge on any atom is -0.493 e. The van der Waals surface area contributed by atoms with Crippen LogP contribution in [0.3, 0.4) is 0 Å². The third-order valence-electron chi connectivity index (χ3n) is 6.77. The van der Waals surface area contributed by atoms with E-state index in [1.165, 1.54) is 0 Å². The first-order valence-corrected chi connectivity index (χ1v) is 11.6. The van der Waals surface area contributed by atoms with Crippen LogP contribution in [-0.2, 0) is 9.53 Å². The maximum absolute atomic E-state index is 13.5. The van der Waals surface area contributed by atoms with Gasteiger partial charge in [-0.05, 0) is 57.1 Å². The van der Waals surface area contributed by atoms with E-state index in [-0.39, 0.29) is 24.0 Å². The molecule has 0 spiro atoms. The van der Waals surface area contributed by atoms with Gasteiger partial charge < -0.3 is 19.3 Å². The van der Waals surface area contributed by atoms with Crippen molar-refractivity contribution in [2.75, 3.05) is 32.8 Å². The maximum atomic E-state index is 13.5. The molecule has 3 atom stereocenters. The summed E-state index contributed by atoms with van der Waals surface area (Å²) < 4.78 is 11.4. The summed E-state index contributed by atoms with van der Waals surface area (Å²) in [5, 5.41) is 0. The van der Waals surface area contributed by atoms with Crippen molar-refractivity contribution in [1.29, 1.82) is 0 Å². The number of carbonyl (C=O) groups excluding carboxylic acids is 2. The molecule has 1 aromatic carbocycles. The number of nitrogens with zero attached hydrogens (tertiary/aromatic N) is 2. The van der Waals surface area contributed by atoms with Crippen LogP contribution in [0.2, 0.25) is 0 Å². The van der Waals surface area contributed by atoms with E-state index in [2.05, 4.69) is 0 Å². The summed E-state index contributed by atoms with van der Waals surface area (Å²) in [5.41, 5.74) is 0.628. The number of hydrogen-bond acceptors (Lipinski definition) is 4. The molecule has 2 amide bonds. The standard InChI is InChI=1S/C24H34N2O4/c1-2-29-22-11-4-3-10-20(22)24(28)26-14-6-5-8-18-16-25(17-21(18)26)23(27)13-12-19-9-7-15-30-19/h3-4,10-11,18-19,21H,2,5-9,12-17H2,1H3/t18-,19-,21+/m0/s1. The second-order valence-electron chi connectivity index (χ2n) is 8.72. The first kappa shape index (κ1) is 21.2. The Morgan fingerprint density at radius 2 is 2.00 bits per heavy atom. The van der Waals surface area contributed by atoms with Gasteiger partial charge in [0.1, 0.15) is 5.75 Å². The Hall–Kier alpha value is -2.08. The van der Waals surface area contributed by atoms with Crippen LogP contribution < -0.4 is 4.74 Å². The normalized spacial score (nSPS) is 26.4. The fourth-order valence-corrected chi connectivity index (χ4v) is 5.20. The average Bonchev–Trinajstić information content (AvgIpc) is 3.39. The van der Waals surface area contributed by atoms with Gasteiger partial charge in [-0.1, -0.05) is 18.6 Å². The molecule has 3 heterocycles. The lowest BCUT2D eigenvalue weighted by molar-refractivity contribution is -0.131. The van der Waals surface area contributed by atoms with E-state index >= 15 is 0 Å².